The van der Waals surface area contributed by atoms with Crippen molar-refractivity contribution in [3.05, 3.63) is 34.3 Å². The second-order valence-corrected chi connectivity index (χ2v) is 5.09. The Morgan fingerprint density at radius 1 is 1.40 bits per heavy atom. The molecule has 1 aromatic rings. The van der Waals surface area contributed by atoms with E-state index < -0.39 is 12.0 Å². The summed E-state index contributed by atoms with van der Waals surface area (Å²) in [5.74, 6) is 1.13. The number of piperidine rings is 1. The van der Waals surface area contributed by atoms with Crippen molar-refractivity contribution in [1.82, 2.24) is 4.90 Å². The van der Waals surface area contributed by atoms with Crippen LogP contribution >= 0.6 is 11.6 Å². The molecule has 0 aliphatic carbocycles. The molecule has 20 heavy (non-hydrogen) atoms. The highest BCUT2D eigenvalue weighted by molar-refractivity contribution is 6.32. The van der Waals surface area contributed by atoms with Gasteiger partial charge in [0.2, 0.25) is 0 Å². The molecule has 4 nitrogen and oxygen atoms in total. The molecule has 0 saturated carbocycles. The van der Waals surface area contributed by atoms with Crippen molar-refractivity contribution in [2.45, 2.75) is 25.3 Å². The molecule has 1 saturated heterocycles. The second kappa shape index (κ2) is 5.98. The van der Waals surface area contributed by atoms with Crippen LogP contribution in [0.3, 0.4) is 0 Å². The third-order valence-electron chi connectivity index (χ3n) is 3.42. The fourth-order valence-electron chi connectivity index (χ4n) is 2.36. The van der Waals surface area contributed by atoms with Gasteiger partial charge in [0.15, 0.2) is 0 Å². The predicted molar refractivity (Wildman–Crippen MR) is 75.7 cm³/mol. The normalized spacial score (nSPS) is 18.4. The molecule has 5 heteroatoms. The van der Waals surface area contributed by atoms with Crippen molar-refractivity contribution in [3.63, 3.8) is 0 Å². The first-order valence-corrected chi connectivity index (χ1v) is 6.72. The zero-order chi connectivity index (χ0) is 14.7. The molecule has 2 rings (SSSR count). The number of amides is 1. The van der Waals surface area contributed by atoms with Gasteiger partial charge in [-0.05, 0) is 37.5 Å². The van der Waals surface area contributed by atoms with E-state index in [1.165, 1.54) is 11.0 Å². The van der Waals surface area contributed by atoms with Gasteiger partial charge in [0.25, 0.3) is 5.91 Å². The van der Waals surface area contributed by atoms with Crippen molar-refractivity contribution in [2.24, 2.45) is 0 Å². The average molecular weight is 292 g/mol. The molecule has 0 bridgehead atoms. The number of carboxylic acids is 1. The third kappa shape index (κ3) is 2.78. The first-order chi connectivity index (χ1) is 9.54. The Morgan fingerprint density at radius 3 is 2.75 bits per heavy atom. The van der Waals surface area contributed by atoms with Crippen LogP contribution in [0.5, 0.6) is 0 Å². The van der Waals surface area contributed by atoms with E-state index in [9.17, 15) is 14.7 Å². The number of carbonyl (C=O) groups excluding carboxylic acids is 1. The van der Waals surface area contributed by atoms with Crippen molar-refractivity contribution in [2.75, 3.05) is 6.54 Å². The Balaban J connectivity index is 2.28. The van der Waals surface area contributed by atoms with Crippen LogP contribution in [0.1, 0.15) is 35.2 Å². The van der Waals surface area contributed by atoms with Gasteiger partial charge in [-0.1, -0.05) is 17.5 Å². The predicted octanol–water partition coefficient (Wildman–Crippen LogP) is 2.40. The zero-order valence-corrected chi connectivity index (χ0v) is 11.6. The molecule has 1 aliphatic rings. The smallest absolute Gasteiger partial charge is 0.326 e. The zero-order valence-electron chi connectivity index (χ0n) is 10.8. The molecule has 1 atom stereocenters. The Labute approximate surface area is 122 Å². The quantitative estimate of drug-likeness (QED) is 0.851. The van der Waals surface area contributed by atoms with Gasteiger partial charge in [0.1, 0.15) is 6.04 Å². The minimum atomic E-state index is -0.968. The number of hydrogen-bond acceptors (Lipinski definition) is 2. The van der Waals surface area contributed by atoms with Crippen LogP contribution in [-0.4, -0.2) is 34.5 Å². The first kappa shape index (κ1) is 14.4. The lowest BCUT2D eigenvalue weighted by Gasteiger charge is -2.33. The Morgan fingerprint density at radius 2 is 2.15 bits per heavy atom. The van der Waals surface area contributed by atoms with Crippen LogP contribution < -0.4 is 0 Å². The fourth-order valence-corrected chi connectivity index (χ4v) is 2.60. The molecule has 1 heterocycles. The molecule has 0 radical (unpaired) electrons. The van der Waals surface area contributed by atoms with Gasteiger partial charge in [0, 0.05) is 17.7 Å². The van der Waals surface area contributed by atoms with Crippen LogP contribution in [-0.2, 0) is 4.79 Å². The highest BCUT2D eigenvalue weighted by Gasteiger charge is 2.32. The van der Waals surface area contributed by atoms with Gasteiger partial charge < -0.3 is 10.0 Å². The minimum absolute atomic E-state index is 0.317. The summed E-state index contributed by atoms with van der Waals surface area (Å²) in [6.07, 6.45) is 7.39. The average Bonchev–Trinajstić information content (AvgIpc) is 2.46. The number of hydrogen-bond donors (Lipinski definition) is 1. The number of carboxylic acid groups (broad SMARTS) is 1. The SMILES string of the molecule is C#Cc1ccc(C(=O)N2CCCCC2C(=O)O)cc1Cl. The van der Waals surface area contributed by atoms with E-state index in [0.29, 0.717) is 29.1 Å². The summed E-state index contributed by atoms with van der Waals surface area (Å²) in [7, 11) is 0. The lowest BCUT2D eigenvalue weighted by Crippen LogP contribution is -2.47. The molecule has 0 spiro atoms. The van der Waals surface area contributed by atoms with Crippen LogP contribution in [0, 0.1) is 12.3 Å². The lowest BCUT2D eigenvalue weighted by molar-refractivity contribution is -0.143. The molecular formula is C15H14ClNO3. The summed E-state index contributed by atoms with van der Waals surface area (Å²) in [6, 6.07) is 3.90. The number of aliphatic carboxylic acids is 1. The molecule has 0 aromatic heterocycles. The van der Waals surface area contributed by atoms with E-state index >= 15 is 0 Å². The van der Waals surface area contributed by atoms with Crippen LogP contribution in [0.25, 0.3) is 0 Å². The summed E-state index contributed by atoms with van der Waals surface area (Å²) in [5.41, 5.74) is 0.874. The fraction of sp³-hybridized carbons (Fsp3) is 0.333. The number of nitrogens with zero attached hydrogens (tertiary/aromatic N) is 1. The van der Waals surface area contributed by atoms with E-state index in [4.69, 9.17) is 18.0 Å². The molecule has 1 amide bonds. The number of likely N-dealkylation sites (tertiary alicyclic amines) is 1. The van der Waals surface area contributed by atoms with E-state index in [1.807, 2.05) is 0 Å². The molecule has 1 aliphatic heterocycles. The maximum Gasteiger partial charge on any atom is 0.326 e. The molecule has 1 N–H and O–H groups in total. The van der Waals surface area contributed by atoms with Gasteiger partial charge >= 0.3 is 5.97 Å². The summed E-state index contributed by atoms with van der Waals surface area (Å²) in [6.45, 7) is 0.449. The molecule has 104 valence electrons. The van der Waals surface area contributed by atoms with Gasteiger partial charge in [-0.3, -0.25) is 4.79 Å². The summed E-state index contributed by atoms with van der Waals surface area (Å²) >= 11 is 5.98. The first-order valence-electron chi connectivity index (χ1n) is 6.34. The summed E-state index contributed by atoms with van der Waals surface area (Å²) in [4.78, 5) is 25.0. The largest absolute Gasteiger partial charge is 0.480 e. The topological polar surface area (TPSA) is 57.6 Å². The van der Waals surface area contributed by atoms with Crippen molar-refractivity contribution in [3.8, 4) is 12.3 Å². The molecule has 1 unspecified atom stereocenters. The second-order valence-electron chi connectivity index (χ2n) is 4.69. The van der Waals surface area contributed by atoms with Crippen LogP contribution in [0.2, 0.25) is 5.02 Å². The lowest BCUT2D eigenvalue weighted by atomic mass is 10.0. The molecule has 1 fully saturated rings. The number of carbonyl (C=O) groups is 2. The van der Waals surface area contributed by atoms with E-state index in [1.54, 1.807) is 12.1 Å². The number of benzene rings is 1. The van der Waals surface area contributed by atoms with Crippen LogP contribution in [0.4, 0.5) is 0 Å². The van der Waals surface area contributed by atoms with Crippen LogP contribution in [0.15, 0.2) is 18.2 Å². The Bertz CT molecular complexity index is 591. The number of rotatable bonds is 2. The van der Waals surface area contributed by atoms with E-state index in [0.717, 1.165) is 12.8 Å². The molecular weight excluding hydrogens is 278 g/mol. The Kier molecular flexibility index (Phi) is 4.31. The van der Waals surface area contributed by atoms with E-state index in [2.05, 4.69) is 5.92 Å². The van der Waals surface area contributed by atoms with Crippen molar-refractivity contribution in [1.29, 1.82) is 0 Å². The summed E-state index contributed by atoms with van der Waals surface area (Å²) < 4.78 is 0. The van der Waals surface area contributed by atoms with Gasteiger partial charge in [0.05, 0.1) is 5.02 Å². The van der Waals surface area contributed by atoms with Crippen molar-refractivity contribution >= 4 is 23.5 Å². The van der Waals surface area contributed by atoms with Crippen molar-refractivity contribution < 1.29 is 14.7 Å². The highest BCUT2D eigenvalue weighted by atomic mass is 35.5. The minimum Gasteiger partial charge on any atom is -0.480 e. The third-order valence-corrected chi connectivity index (χ3v) is 3.73. The molecule has 1 aromatic carbocycles. The summed E-state index contributed by atoms with van der Waals surface area (Å²) in [5, 5.41) is 9.52. The van der Waals surface area contributed by atoms with Gasteiger partial charge in [-0.15, -0.1) is 6.42 Å². The maximum atomic E-state index is 12.4. The standard InChI is InChI=1S/C15H14ClNO3/c1-2-10-6-7-11(9-12(10)16)14(18)17-8-4-3-5-13(17)15(19)20/h1,6-7,9,13H,3-5,8H2,(H,19,20). The monoisotopic (exact) mass is 291 g/mol. The van der Waals surface area contributed by atoms with Gasteiger partial charge in [-0.25, -0.2) is 4.79 Å². The number of halogens is 1. The van der Waals surface area contributed by atoms with E-state index in [-0.39, 0.29) is 5.91 Å². The Hall–Kier alpha value is -1.99. The van der Waals surface area contributed by atoms with Gasteiger partial charge in [-0.2, -0.15) is 0 Å². The highest BCUT2D eigenvalue weighted by Crippen LogP contribution is 2.22. The maximum absolute atomic E-state index is 12.4. The number of terminal acetylenes is 1.